The van der Waals surface area contributed by atoms with E-state index in [1.807, 2.05) is 6.21 Å². The van der Waals surface area contributed by atoms with E-state index in [9.17, 15) is 4.57 Å². The number of rotatable bonds is 3. The Balaban J connectivity index is 1.86. The number of benzene rings is 1. The van der Waals surface area contributed by atoms with Crippen LogP contribution in [0.15, 0.2) is 34.1 Å². The third-order valence-electron chi connectivity index (χ3n) is 3.15. The molecule has 0 bridgehead atoms. The number of aromatic nitrogens is 2. The van der Waals surface area contributed by atoms with Crippen molar-refractivity contribution >= 4 is 48.2 Å². The molecule has 9 heteroatoms. The number of aliphatic imine (C=N–C) groups is 1. The lowest BCUT2D eigenvalue weighted by Crippen LogP contribution is -1.87. The van der Waals surface area contributed by atoms with Crippen LogP contribution < -0.4 is 0 Å². The van der Waals surface area contributed by atoms with E-state index >= 15 is 0 Å². The van der Waals surface area contributed by atoms with Gasteiger partial charge in [-0.2, -0.15) is 0 Å². The number of nitrogens with one attached hydrogen (secondary N) is 1. The van der Waals surface area contributed by atoms with Crippen molar-refractivity contribution in [3.8, 4) is 11.8 Å². The van der Waals surface area contributed by atoms with Crippen molar-refractivity contribution in [2.24, 2.45) is 4.99 Å². The molecule has 0 amide bonds. The van der Waals surface area contributed by atoms with Crippen LogP contribution in [0.4, 0.5) is 0 Å². The Morgan fingerprint density at radius 1 is 1.38 bits per heavy atom. The minimum atomic E-state index is -4.08. The van der Waals surface area contributed by atoms with Gasteiger partial charge in [-0.25, -0.2) is 4.98 Å². The standard InChI is InChI=1S/C15H13ClN3O3PS/c16-12-7-14-13(18-15(19-14)24-9-23(20,21)22)6-11(12)4-3-10-2-1-5-17-8-10/h5-8H,1-2,9H2,(H,18,19)(H2,20,21,22). The van der Waals surface area contributed by atoms with Crippen LogP contribution in [0.2, 0.25) is 5.02 Å². The van der Waals surface area contributed by atoms with Crippen LogP contribution in [0, 0.1) is 11.8 Å². The maximum atomic E-state index is 10.9. The van der Waals surface area contributed by atoms with E-state index in [0.717, 1.165) is 30.2 Å². The quantitative estimate of drug-likeness (QED) is 0.429. The molecule has 6 nitrogen and oxygen atoms in total. The predicted octanol–water partition coefficient (Wildman–Crippen LogP) is 3.54. The van der Waals surface area contributed by atoms with E-state index in [4.69, 9.17) is 21.4 Å². The van der Waals surface area contributed by atoms with E-state index < -0.39 is 7.60 Å². The molecule has 0 saturated heterocycles. The van der Waals surface area contributed by atoms with Crippen molar-refractivity contribution in [1.82, 2.24) is 9.97 Å². The predicted molar refractivity (Wildman–Crippen MR) is 96.6 cm³/mol. The maximum absolute atomic E-state index is 10.9. The molecule has 2 aromatic rings. The molecule has 1 aliphatic rings. The molecular formula is C15H13ClN3O3PS. The molecule has 0 saturated carbocycles. The van der Waals surface area contributed by atoms with Crippen molar-refractivity contribution in [3.05, 3.63) is 34.5 Å². The lowest BCUT2D eigenvalue weighted by atomic mass is 10.1. The smallest absolute Gasteiger partial charge is 0.333 e. The fraction of sp³-hybridized carbons (Fsp3) is 0.200. The summed E-state index contributed by atoms with van der Waals surface area (Å²) in [4.78, 5) is 29.2. The Kier molecular flexibility index (Phi) is 5.14. The average Bonchev–Trinajstić information content (AvgIpc) is 2.93. The number of hydrogen-bond donors (Lipinski definition) is 3. The summed E-state index contributed by atoms with van der Waals surface area (Å²) in [5.74, 6) is 6.10. The number of nitrogens with zero attached hydrogens (tertiary/aromatic N) is 2. The van der Waals surface area contributed by atoms with Gasteiger partial charge in [0, 0.05) is 23.6 Å². The summed E-state index contributed by atoms with van der Waals surface area (Å²) in [7, 11) is -4.08. The summed E-state index contributed by atoms with van der Waals surface area (Å²) in [6.07, 6.45) is 5.35. The van der Waals surface area contributed by atoms with Crippen molar-refractivity contribution in [3.63, 3.8) is 0 Å². The first-order valence-corrected chi connectivity index (χ1v) is 10.2. The largest absolute Gasteiger partial charge is 0.335 e. The van der Waals surface area contributed by atoms with Crippen LogP contribution in [-0.4, -0.2) is 31.5 Å². The molecule has 0 atom stereocenters. The normalized spacial score (nSPS) is 14.4. The molecule has 1 aliphatic heterocycles. The highest BCUT2D eigenvalue weighted by Crippen LogP contribution is 2.40. The summed E-state index contributed by atoms with van der Waals surface area (Å²) in [5, 5.41) is 0.909. The van der Waals surface area contributed by atoms with Crippen LogP contribution >= 0.6 is 31.0 Å². The van der Waals surface area contributed by atoms with Gasteiger partial charge in [-0.05, 0) is 25.0 Å². The zero-order chi connectivity index (χ0) is 17.2. The highest BCUT2D eigenvalue weighted by Gasteiger charge is 2.15. The van der Waals surface area contributed by atoms with Crippen molar-refractivity contribution in [2.75, 3.05) is 5.49 Å². The molecule has 2 heterocycles. The van der Waals surface area contributed by atoms with E-state index in [1.54, 1.807) is 18.3 Å². The number of imidazole rings is 1. The molecule has 0 aliphatic carbocycles. The Labute approximate surface area is 147 Å². The van der Waals surface area contributed by atoms with Crippen LogP contribution in [0.3, 0.4) is 0 Å². The van der Waals surface area contributed by atoms with Crippen molar-refractivity contribution < 1.29 is 14.4 Å². The molecule has 0 spiro atoms. The number of allylic oxidation sites excluding steroid dienone is 1. The number of thioether (sulfide) groups is 1. The Morgan fingerprint density at radius 2 is 2.21 bits per heavy atom. The fourth-order valence-corrected chi connectivity index (χ4v) is 3.77. The van der Waals surface area contributed by atoms with Gasteiger partial charge in [0.15, 0.2) is 5.16 Å². The molecular weight excluding hydrogens is 369 g/mol. The second kappa shape index (κ2) is 7.14. The first kappa shape index (κ1) is 17.3. The fourth-order valence-electron chi connectivity index (χ4n) is 2.06. The molecule has 3 rings (SSSR count). The third-order valence-corrected chi connectivity index (χ3v) is 5.80. The SMILES string of the molecule is O=P(O)(O)CSc1nc2cc(Cl)c(C#CC3=CN=CCC3)cc2[nH]1. The second-order valence-corrected chi connectivity index (χ2v) is 8.55. The minimum absolute atomic E-state index is 0.331. The highest BCUT2D eigenvalue weighted by molar-refractivity contribution is 8.04. The molecule has 1 aromatic heterocycles. The average molecular weight is 382 g/mol. The Morgan fingerprint density at radius 3 is 2.92 bits per heavy atom. The third kappa shape index (κ3) is 4.50. The van der Waals surface area contributed by atoms with Gasteiger partial charge in [-0.1, -0.05) is 35.2 Å². The lowest BCUT2D eigenvalue weighted by Gasteiger charge is -2.00. The summed E-state index contributed by atoms with van der Waals surface area (Å²) in [6, 6.07) is 3.47. The van der Waals surface area contributed by atoms with Gasteiger partial charge < -0.3 is 14.8 Å². The van der Waals surface area contributed by atoms with Crippen molar-refractivity contribution in [1.29, 1.82) is 0 Å². The second-order valence-electron chi connectivity index (χ2n) is 5.10. The Bertz CT molecular complexity index is 952. The van der Waals surface area contributed by atoms with Gasteiger partial charge in [0.1, 0.15) is 5.49 Å². The topological polar surface area (TPSA) is 98.6 Å². The van der Waals surface area contributed by atoms with Crippen LogP contribution in [-0.2, 0) is 4.57 Å². The number of hydrogen-bond acceptors (Lipinski definition) is 4. The summed E-state index contributed by atoms with van der Waals surface area (Å²) in [6.45, 7) is 0. The van der Waals surface area contributed by atoms with Gasteiger partial charge in [0.2, 0.25) is 0 Å². The van der Waals surface area contributed by atoms with Gasteiger partial charge >= 0.3 is 7.60 Å². The summed E-state index contributed by atoms with van der Waals surface area (Å²) >= 11 is 7.21. The molecule has 24 heavy (non-hydrogen) atoms. The molecule has 0 unspecified atom stereocenters. The summed E-state index contributed by atoms with van der Waals surface area (Å²) < 4.78 is 10.9. The van der Waals surface area contributed by atoms with E-state index in [2.05, 4.69) is 26.8 Å². The Hall–Kier alpha value is -1.55. The first-order chi connectivity index (χ1) is 11.4. The molecule has 0 fully saturated rings. The minimum Gasteiger partial charge on any atom is -0.333 e. The van der Waals surface area contributed by atoms with Gasteiger partial charge in [0.05, 0.1) is 16.1 Å². The molecule has 3 N–H and O–H groups in total. The maximum Gasteiger partial charge on any atom is 0.335 e. The molecule has 124 valence electrons. The highest BCUT2D eigenvalue weighted by atomic mass is 35.5. The van der Waals surface area contributed by atoms with Gasteiger partial charge in [-0.15, -0.1) is 0 Å². The van der Waals surface area contributed by atoms with E-state index in [1.165, 1.54) is 0 Å². The van der Waals surface area contributed by atoms with Crippen molar-refractivity contribution in [2.45, 2.75) is 18.0 Å². The van der Waals surface area contributed by atoms with E-state index in [0.29, 0.717) is 26.8 Å². The zero-order valence-electron chi connectivity index (χ0n) is 12.4. The summed E-state index contributed by atoms with van der Waals surface area (Å²) in [5.41, 5.74) is 2.63. The van der Waals surface area contributed by atoms with Gasteiger partial charge in [-0.3, -0.25) is 9.56 Å². The monoisotopic (exact) mass is 381 g/mol. The van der Waals surface area contributed by atoms with E-state index in [-0.39, 0.29) is 5.49 Å². The van der Waals surface area contributed by atoms with Crippen LogP contribution in [0.5, 0.6) is 0 Å². The molecule has 0 radical (unpaired) electrons. The van der Waals surface area contributed by atoms with Crippen LogP contribution in [0.1, 0.15) is 18.4 Å². The van der Waals surface area contributed by atoms with Gasteiger partial charge in [0.25, 0.3) is 0 Å². The number of aromatic amines is 1. The number of fused-ring (bicyclic) bond motifs is 1. The number of H-pyrrole nitrogens is 1. The zero-order valence-corrected chi connectivity index (χ0v) is 14.8. The first-order valence-electron chi connectivity index (χ1n) is 7.00. The molecule has 1 aromatic carbocycles. The lowest BCUT2D eigenvalue weighted by molar-refractivity contribution is 0.379. The number of halogens is 1. The van der Waals surface area contributed by atoms with Crippen LogP contribution in [0.25, 0.3) is 11.0 Å².